The van der Waals surface area contributed by atoms with Crippen molar-refractivity contribution in [1.29, 1.82) is 0 Å². The number of benzene rings is 2. The molecule has 2 aromatic carbocycles. The highest BCUT2D eigenvalue weighted by Crippen LogP contribution is 2.39. The number of carbonyl (C=O) groups excluding carboxylic acids is 2. The summed E-state index contributed by atoms with van der Waals surface area (Å²) in [4.78, 5) is 40.2. The number of nitrogens with zero attached hydrogens (tertiary/aromatic N) is 5. The zero-order valence-corrected chi connectivity index (χ0v) is 25.2. The van der Waals surface area contributed by atoms with Crippen LogP contribution in [0.15, 0.2) is 61.3 Å². The smallest absolute Gasteiger partial charge is 0.254 e. The SMILES string of the molecule is C=CC(=O)Nc1cc(Nc2nccc(OC3CN(C(=O)c4ccc(C)cc4)C3)n2)c(OC)cc1N1CCC(N(C)C)CC1. The Bertz CT molecular complexity index is 1460. The second-order valence-corrected chi connectivity index (χ2v) is 11.1. The van der Waals surface area contributed by atoms with E-state index in [2.05, 4.69) is 51.1 Å². The van der Waals surface area contributed by atoms with Crippen LogP contribution in [0.3, 0.4) is 0 Å². The molecule has 0 atom stereocenters. The molecule has 2 saturated heterocycles. The molecule has 2 amide bonds. The van der Waals surface area contributed by atoms with Crippen molar-refractivity contribution in [1.82, 2.24) is 19.8 Å². The van der Waals surface area contributed by atoms with Crippen LogP contribution in [-0.4, -0.2) is 91.1 Å². The molecule has 5 rings (SSSR count). The Morgan fingerprint density at radius 1 is 1.07 bits per heavy atom. The number of hydrogen-bond donors (Lipinski definition) is 2. The Morgan fingerprint density at radius 2 is 1.79 bits per heavy atom. The molecule has 1 aromatic heterocycles. The van der Waals surface area contributed by atoms with Crippen molar-refractivity contribution in [3.8, 4) is 11.6 Å². The third-order valence-electron chi connectivity index (χ3n) is 7.89. The van der Waals surface area contributed by atoms with Gasteiger partial charge in [0.2, 0.25) is 17.7 Å². The van der Waals surface area contributed by atoms with E-state index in [0.717, 1.165) is 37.2 Å². The largest absolute Gasteiger partial charge is 0.494 e. The van der Waals surface area contributed by atoms with Gasteiger partial charge in [-0.15, -0.1) is 0 Å². The fourth-order valence-electron chi connectivity index (χ4n) is 5.32. The lowest BCUT2D eigenvalue weighted by Gasteiger charge is -2.38. The molecule has 0 radical (unpaired) electrons. The van der Waals surface area contributed by atoms with Gasteiger partial charge in [-0.05, 0) is 58.1 Å². The van der Waals surface area contributed by atoms with Crippen LogP contribution in [-0.2, 0) is 4.79 Å². The summed E-state index contributed by atoms with van der Waals surface area (Å²) in [6.07, 6.45) is 4.73. The van der Waals surface area contributed by atoms with E-state index in [1.165, 1.54) is 6.08 Å². The van der Waals surface area contributed by atoms with E-state index in [-0.39, 0.29) is 17.9 Å². The molecule has 0 saturated carbocycles. The summed E-state index contributed by atoms with van der Waals surface area (Å²) in [6, 6.07) is 13.5. The highest BCUT2D eigenvalue weighted by atomic mass is 16.5. The number of ether oxygens (including phenoxy) is 2. The van der Waals surface area contributed by atoms with Gasteiger partial charge in [-0.25, -0.2) is 4.98 Å². The number of aryl methyl sites for hydroxylation is 1. The maximum absolute atomic E-state index is 12.7. The number of carbonyl (C=O) groups is 2. The number of anilines is 4. The summed E-state index contributed by atoms with van der Waals surface area (Å²) in [5.41, 5.74) is 3.88. The fraction of sp³-hybridized carbons (Fsp3) is 0.375. The molecule has 2 aliphatic rings. The van der Waals surface area contributed by atoms with Crippen molar-refractivity contribution >= 4 is 34.8 Å². The number of aromatic nitrogens is 2. The summed E-state index contributed by atoms with van der Waals surface area (Å²) in [5.74, 6) is 0.970. The lowest BCUT2D eigenvalue weighted by atomic mass is 10.0. The average Bonchev–Trinajstić information content (AvgIpc) is 2.99. The second-order valence-electron chi connectivity index (χ2n) is 11.1. The Hall–Kier alpha value is -4.64. The standard InChI is InChI=1S/C32H39N7O4/c1-6-29(40)34-25-17-26(28(42-5)18-27(25)38-15-12-23(13-16-38)37(3)4)35-32-33-14-11-30(36-32)43-24-19-39(20-24)31(41)22-9-7-21(2)8-10-22/h6-11,14,17-18,23-24H,1,12-13,15-16,19-20H2,2-5H3,(H,34,40)(H,33,35,36). The Morgan fingerprint density at radius 3 is 2.44 bits per heavy atom. The Labute approximate surface area is 252 Å². The van der Waals surface area contributed by atoms with Crippen molar-refractivity contribution < 1.29 is 19.1 Å². The minimum Gasteiger partial charge on any atom is -0.494 e. The minimum absolute atomic E-state index is 0.0122. The molecule has 3 aromatic rings. The molecule has 11 heteroatoms. The molecule has 0 bridgehead atoms. The molecule has 2 fully saturated rings. The molecule has 3 heterocycles. The number of rotatable bonds is 10. The summed E-state index contributed by atoms with van der Waals surface area (Å²) >= 11 is 0. The number of piperidine rings is 1. The van der Waals surface area contributed by atoms with Gasteiger partial charge in [-0.2, -0.15) is 4.98 Å². The van der Waals surface area contributed by atoms with E-state index in [1.54, 1.807) is 24.3 Å². The number of nitrogens with one attached hydrogen (secondary N) is 2. The van der Waals surface area contributed by atoms with E-state index in [4.69, 9.17) is 9.47 Å². The topological polar surface area (TPSA) is 112 Å². The van der Waals surface area contributed by atoms with Crippen LogP contribution in [0.2, 0.25) is 0 Å². The number of likely N-dealkylation sites (tertiary alicyclic amines) is 1. The quantitative estimate of drug-likeness (QED) is 0.340. The molecule has 11 nitrogen and oxygen atoms in total. The van der Waals surface area contributed by atoms with Gasteiger partial charge in [0, 0.05) is 43.0 Å². The first-order valence-electron chi connectivity index (χ1n) is 14.4. The maximum Gasteiger partial charge on any atom is 0.254 e. The Balaban J connectivity index is 1.28. The van der Waals surface area contributed by atoms with Gasteiger partial charge in [-0.1, -0.05) is 24.3 Å². The predicted octanol–water partition coefficient (Wildman–Crippen LogP) is 4.10. The summed E-state index contributed by atoms with van der Waals surface area (Å²) in [7, 11) is 5.82. The van der Waals surface area contributed by atoms with Crippen LogP contribution in [0.5, 0.6) is 11.6 Å². The summed E-state index contributed by atoms with van der Waals surface area (Å²) in [5, 5.41) is 6.16. The zero-order chi connectivity index (χ0) is 30.5. The van der Waals surface area contributed by atoms with Crippen molar-refractivity contribution in [3.05, 3.63) is 72.4 Å². The molecular weight excluding hydrogens is 546 g/mol. The van der Waals surface area contributed by atoms with Crippen molar-refractivity contribution in [2.24, 2.45) is 0 Å². The molecule has 0 spiro atoms. The summed E-state index contributed by atoms with van der Waals surface area (Å²) < 4.78 is 11.8. The lowest BCUT2D eigenvalue weighted by Crippen LogP contribution is -2.56. The van der Waals surface area contributed by atoms with Crippen molar-refractivity contribution in [3.63, 3.8) is 0 Å². The third kappa shape index (κ3) is 7.06. The van der Waals surface area contributed by atoms with Crippen LogP contribution in [0.4, 0.5) is 23.0 Å². The van der Waals surface area contributed by atoms with E-state index < -0.39 is 0 Å². The van der Waals surface area contributed by atoms with Crippen molar-refractivity contribution in [2.45, 2.75) is 31.9 Å². The first kappa shape index (κ1) is 29.8. The van der Waals surface area contributed by atoms with Crippen LogP contribution >= 0.6 is 0 Å². The third-order valence-corrected chi connectivity index (χ3v) is 7.89. The normalized spacial score (nSPS) is 15.6. The Kier molecular flexibility index (Phi) is 9.10. The molecule has 2 N–H and O–H groups in total. The van der Waals surface area contributed by atoms with Crippen molar-refractivity contribution in [2.75, 3.05) is 62.9 Å². The first-order chi connectivity index (χ1) is 20.7. The van der Waals surface area contributed by atoms with Crippen LogP contribution in [0.1, 0.15) is 28.8 Å². The molecule has 0 aliphatic carbocycles. The van der Waals surface area contributed by atoms with Gasteiger partial charge in [0.25, 0.3) is 5.91 Å². The zero-order valence-electron chi connectivity index (χ0n) is 25.2. The second kappa shape index (κ2) is 13.1. The fourth-order valence-corrected chi connectivity index (χ4v) is 5.32. The molecule has 2 aliphatic heterocycles. The highest BCUT2D eigenvalue weighted by molar-refractivity contribution is 6.02. The maximum atomic E-state index is 12.7. The van der Waals surface area contributed by atoms with Gasteiger partial charge in [-0.3, -0.25) is 9.59 Å². The molecular formula is C32H39N7O4. The average molecular weight is 586 g/mol. The molecule has 226 valence electrons. The minimum atomic E-state index is -0.303. The van der Waals surface area contributed by atoms with Crippen LogP contribution in [0.25, 0.3) is 0 Å². The predicted molar refractivity (Wildman–Crippen MR) is 168 cm³/mol. The summed E-state index contributed by atoms with van der Waals surface area (Å²) in [6.45, 7) is 8.26. The monoisotopic (exact) mass is 585 g/mol. The van der Waals surface area contributed by atoms with Crippen LogP contribution < -0.4 is 25.0 Å². The van der Waals surface area contributed by atoms with Gasteiger partial charge < -0.3 is 34.8 Å². The van der Waals surface area contributed by atoms with E-state index in [9.17, 15) is 9.59 Å². The van der Waals surface area contributed by atoms with Gasteiger partial charge in [0.1, 0.15) is 11.9 Å². The van der Waals surface area contributed by atoms with Crippen LogP contribution in [0, 0.1) is 6.92 Å². The number of methoxy groups -OCH3 is 1. The molecule has 0 unspecified atom stereocenters. The van der Waals surface area contributed by atoms with E-state index in [0.29, 0.717) is 53.6 Å². The van der Waals surface area contributed by atoms with Gasteiger partial charge in [0.05, 0.1) is 37.3 Å². The molecule has 43 heavy (non-hydrogen) atoms. The number of amides is 2. The van der Waals surface area contributed by atoms with E-state index >= 15 is 0 Å². The number of hydrogen-bond acceptors (Lipinski definition) is 9. The van der Waals surface area contributed by atoms with Gasteiger partial charge in [0.15, 0.2) is 0 Å². The lowest BCUT2D eigenvalue weighted by molar-refractivity contribution is -0.111. The van der Waals surface area contributed by atoms with Gasteiger partial charge >= 0.3 is 0 Å². The first-order valence-corrected chi connectivity index (χ1v) is 14.4. The highest BCUT2D eigenvalue weighted by Gasteiger charge is 2.33. The van der Waals surface area contributed by atoms with E-state index in [1.807, 2.05) is 43.3 Å².